The minimum absolute atomic E-state index is 0.0266. The highest BCUT2D eigenvalue weighted by Gasteiger charge is 2.41. The summed E-state index contributed by atoms with van der Waals surface area (Å²) >= 11 is 0. The van der Waals surface area contributed by atoms with Gasteiger partial charge in [0, 0.05) is 30.3 Å². The van der Waals surface area contributed by atoms with Crippen LogP contribution in [-0.2, 0) is 16.6 Å². The standard InChI is InChI=1S/C24H33NO/c1-5-19-11-12-21-20(18-19)13-15-24(4,23(21,2)3)14-7-6-10-22(26)25-16-8-9-17-25/h7,11-15,18H,5-6,8-10,16-17H2,1-4H3/b14-7-. The summed E-state index contributed by atoms with van der Waals surface area (Å²) in [6, 6.07) is 6.89. The second-order valence-corrected chi connectivity index (χ2v) is 8.55. The van der Waals surface area contributed by atoms with Crippen LogP contribution in [0.1, 0.15) is 70.1 Å². The quantitative estimate of drug-likeness (QED) is 0.640. The largest absolute Gasteiger partial charge is 0.343 e. The number of aryl methyl sites for hydroxylation is 1. The number of nitrogens with zero attached hydrogens (tertiary/aromatic N) is 1. The fourth-order valence-electron chi connectivity index (χ4n) is 4.22. The summed E-state index contributed by atoms with van der Waals surface area (Å²) in [4.78, 5) is 14.2. The van der Waals surface area contributed by atoms with E-state index >= 15 is 0 Å². The third-order valence-electron chi connectivity index (χ3n) is 6.60. The molecule has 1 fully saturated rings. The summed E-state index contributed by atoms with van der Waals surface area (Å²) in [7, 11) is 0. The van der Waals surface area contributed by atoms with Gasteiger partial charge in [-0.3, -0.25) is 4.79 Å². The molecule has 1 unspecified atom stereocenters. The van der Waals surface area contributed by atoms with E-state index in [2.05, 4.69) is 70.2 Å². The Balaban J connectivity index is 1.70. The van der Waals surface area contributed by atoms with Crippen molar-refractivity contribution >= 4 is 12.0 Å². The molecule has 0 saturated carbocycles. The van der Waals surface area contributed by atoms with Gasteiger partial charge in [-0.05, 0) is 42.4 Å². The predicted molar refractivity (Wildman–Crippen MR) is 110 cm³/mol. The molecule has 1 aliphatic heterocycles. The van der Waals surface area contributed by atoms with Crippen LogP contribution in [0.25, 0.3) is 6.08 Å². The van der Waals surface area contributed by atoms with Crippen LogP contribution in [-0.4, -0.2) is 23.9 Å². The van der Waals surface area contributed by atoms with Crippen molar-refractivity contribution in [1.29, 1.82) is 0 Å². The summed E-state index contributed by atoms with van der Waals surface area (Å²) in [5.41, 5.74) is 4.15. The minimum Gasteiger partial charge on any atom is -0.343 e. The van der Waals surface area contributed by atoms with Crippen molar-refractivity contribution < 1.29 is 4.79 Å². The normalized spacial score (nSPS) is 24.2. The fourth-order valence-corrected chi connectivity index (χ4v) is 4.22. The van der Waals surface area contributed by atoms with Crippen molar-refractivity contribution in [1.82, 2.24) is 4.90 Å². The molecule has 1 atom stereocenters. The number of rotatable bonds is 5. The van der Waals surface area contributed by atoms with Gasteiger partial charge in [0.15, 0.2) is 0 Å². The molecule has 0 aromatic heterocycles. The highest BCUT2D eigenvalue weighted by Crippen LogP contribution is 2.49. The first kappa shape index (κ1) is 18.9. The lowest BCUT2D eigenvalue weighted by Gasteiger charge is -2.44. The van der Waals surface area contributed by atoms with E-state index in [-0.39, 0.29) is 10.8 Å². The van der Waals surface area contributed by atoms with Crippen LogP contribution < -0.4 is 0 Å². The lowest BCUT2D eigenvalue weighted by molar-refractivity contribution is -0.130. The maximum atomic E-state index is 12.2. The summed E-state index contributed by atoms with van der Waals surface area (Å²) in [5, 5.41) is 0. The minimum atomic E-state index is -0.0373. The van der Waals surface area contributed by atoms with E-state index in [1.165, 1.54) is 16.7 Å². The van der Waals surface area contributed by atoms with Gasteiger partial charge in [0.1, 0.15) is 0 Å². The predicted octanol–water partition coefficient (Wildman–Crippen LogP) is 5.52. The number of benzene rings is 1. The van der Waals surface area contributed by atoms with Gasteiger partial charge in [-0.15, -0.1) is 0 Å². The molecule has 0 radical (unpaired) electrons. The number of hydrogen-bond acceptors (Lipinski definition) is 1. The van der Waals surface area contributed by atoms with E-state index in [0.717, 1.165) is 38.8 Å². The Kier molecular flexibility index (Phi) is 5.41. The molecule has 2 aliphatic rings. The third-order valence-corrected chi connectivity index (χ3v) is 6.60. The van der Waals surface area contributed by atoms with Gasteiger partial charge >= 0.3 is 0 Å². The zero-order valence-electron chi connectivity index (χ0n) is 16.8. The molecule has 1 heterocycles. The summed E-state index contributed by atoms with van der Waals surface area (Å²) in [6.07, 6.45) is 14.0. The molecular formula is C24H33NO. The average molecular weight is 352 g/mol. The number of carbonyl (C=O) groups is 1. The maximum absolute atomic E-state index is 12.2. The number of carbonyl (C=O) groups excluding carboxylic acids is 1. The number of allylic oxidation sites excluding steroid dienone is 3. The second-order valence-electron chi connectivity index (χ2n) is 8.55. The molecule has 1 aromatic rings. The second kappa shape index (κ2) is 7.42. The molecule has 1 amide bonds. The number of amides is 1. The van der Waals surface area contributed by atoms with Crippen molar-refractivity contribution in [2.75, 3.05) is 13.1 Å². The SMILES string of the molecule is CCc1ccc2c(c1)C=CC(C)(/C=C\CCC(=O)N1CCCC1)C2(C)C. The lowest BCUT2D eigenvalue weighted by Crippen LogP contribution is -2.38. The molecule has 1 aliphatic carbocycles. The van der Waals surface area contributed by atoms with E-state index in [0.29, 0.717) is 12.3 Å². The molecule has 0 N–H and O–H groups in total. The first-order chi connectivity index (χ1) is 12.4. The Labute approximate surface area is 159 Å². The van der Waals surface area contributed by atoms with Crippen molar-refractivity contribution in [2.24, 2.45) is 5.41 Å². The van der Waals surface area contributed by atoms with Crippen LogP contribution in [0.2, 0.25) is 0 Å². The Morgan fingerprint density at radius 1 is 1.19 bits per heavy atom. The van der Waals surface area contributed by atoms with Crippen LogP contribution >= 0.6 is 0 Å². The highest BCUT2D eigenvalue weighted by atomic mass is 16.2. The van der Waals surface area contributed by atoms with Crippen molar-refractivity contribution in [3.8, 4) is 0 Å². The van der Waals surface area contributed by atoms with Gasteiger partial charge in [0.2, 0.25) is 5.91 Å². The first-order valence-corrected chi connectivity index (χ1v) is 10.2. The number of likely N-dealkylation sites (tertiary alicyclic amines) is 1. The molecule has 0 spiro atoms. The van der Waals surface area contributed by atoms with Crippen LogP contribution in [0.4, 0.5) is 0 Å². The number of fused-ring (bicyclic) bond motifs is 1. The van der Waals surface area contributed by atoms with Crippen molar-refractivity contribution in [2.45, 2.75) is 65.2 Å². The zero-order chi connectivity index (χ0) is 18.8. The highest BCUT2D eigenvalue weighted by molar-refractivity contribution is 5.76. The first-order valence-electron chi connectivity index (χ1n) is 10.2. The van der Waals surface area contributed by atoms with E-state index in [1.54, 1.807) is 0 Å². The molecular weight excluding hydrogens is 318 g/mol. The molecule has 1 saturated heterocycles. The van der Waals surface area contributed by atoms with Crippen LogP contribution in [0, 0.1) is 5.41 Å². The van der Waals surface area contributed by atoms with E-state index in [1.807, 2.05) is 4.90 Å². The molecule has 140 valence electrons. The van der Waals surface area contributed by atoms with Gasteiger partial charge in [-0.1, -0.05) is 70.2 Å². The zero-order valence-corrected chi connectivity index (χ0v) is 16.8. The number of hydrogen-bond donors (Lipinski definition) is 0. The van der Waals surface area contributed by atoms with Gasteiger partial charge in [0.05, 0.1) is 0 Å². The summed E-state index contributed by atoms with van der Waals surface area (Å²) < 4.78 is 0. The monoisotopic (exact) mass is 351 g/mol. The van der Waals surface area contributed by atoms with E-state index in [9.17, 15) is 4.79 Å². The summed E-state index contributed by atoms with van der Waals surface area (Å²) in [6.45, 7) is 11.1. The summed E-state index contributed by atoms with van der Waals surface area (Å²) in [5.74, 6) is 0.313. The molecule has 26 heavy (non-hydrogen) atoms. The van der Waals surface area contributed by atoms with Crippen LogP contribution in [0.3, 0.4) is 0 Å². The van der Waals surface area contributed by atoms with Crippen LogP contribution in [0.5, 0.6) is 0 Å². The lowest BCUT2D eigenvalue weighted by atomic mass is 9.59. The smallest absolute Gasteiger partial charge is 0.222 e. The van der Waals surface area contributed by atoms with Gasteiger partial charge < -0.3 is 4.90 Å². The molecule has 1 aromatic carbocycles. The van der Waals surface area contributed by atoms with Gasteiger partial charge in [0.25, 0.3) is 0 Å². The average Bonchev–Trinajstić information content (AvgIpc) is 3.17. The van der Waals surface area contributed by atoms with Gasteiger partial charge in [-0.2, -0.15) is 0 Å². The Morgan fingerprint density at radius 3 is 2.62 bits per heavy atom. The topological polar surface area (TPSA) is 20.3 Å². The third kappa shape index (κ3) is 3.51. The Hall–Kier alpha value is -1.83. The van der Waals surface area contributed by atoms with E-state index in [4.69, 9.17) is 0 Å². The molecule has 0 bridgehead atoms. The maximum Gasteiger partial charge on any atom is 0.222 e. The Bertz CT molecular complexity index is 722. The van der Waals surface area contributed by atoms with Crippen LogP contribution in [0.15, 0.2) is 36.4 Å². The Morgan fingerprint density at radius 2 is 1.92 bits per heavy atom. The van der Waals surface area contributed by atoms with Crippen molar-refractivity contribution in [3.63, 3.8) is 0 Å². The molecule has 2 heteroatoms. The molecule has 3 rings (SSSR count). The van der Waals surface area contributed by atoms with Gasteiger partial charge in [-0.25, -0.2) is 0 Å². The molecule has 2 nitrogen and oxygen atoms in total. The van der Waals surface area contributed by atoms with Crippen molar-refractivity contribution in [3.05, 3.63) is 53.1 Å². The van der Waals surface area contributed by atoms with E-state index < -0.39 is 0 Å². The fraction of sp³-hybridized carbons (Fsp3) is 0.542.